The summed E-state index contributed by atoms with van der Waals surface area (Å²) in [6.45, 7) is 13.2. The number of aromatic nitrogens is 1. The average molecular weight is 414 g/mol. The van der Waals surface area contributed by atoms with E-state index in [1.54, 1.807) is 7.11 Å². The molecule has 156 valence electrons. The van der Waals surface area contributed by atoms with Gasteiger partial charge in [0, 0.05) is 42.0 Å². The Morgan fingerprint density at radius 1 is 0.966 bits per heavy atom. The fourth-order valence-corrected chi connectivity index (χ4v) is 4.01. The zero-order chi connectivity index (χ0) is 21.0. The van der Waals surface area contributed by atoms with Gasteiger partial charge in [-0.05, 0) is 48.2 Å². The van der Waals surface area contributed by atoms with Gasteiger partial charge in [0.05, 0.1) is 23.8 Å². The predicted octanol–water partition coefficient (Wildman–Crippen LogP) is 6.08. The normalized spacial score (nSPS) is 11.9. The van der Waals surface area contributed by atoms with Crippen molar-refractivity contribution in [2.24, 2.45) is 11.8 Å². The monoisotopic (exact) mass is 413 g/mol. The number of halogens is 1. The Hall–Kier alpha value is -2.04. The lowest BCUT2D eigenvalue weighted by atomic mass is 10.1. The molecule has 0 aliphatic heterocycles. The Morgan fingerprint density at radius 3 is 2.34 bits per heavy atom. The molecular formula is C24H32ClN3O. The highest BCUT2D eigenvalue weighted by molar-refractivity contribution is 6.31. The molecule has 1 aromatic heterocycles. The lowest BCUT2D eigenvalue weighted by Gasteiger charge is -2.26. The summed E-state index contributed by atoms with van der Waals surface area (Å²) in [5.74, 6) is 2.14. The van der Waals surface area contributed by atoms with E-state index >= 15 is 0 Å². The number of hydrogen-bond donors (Lipinski definition) is 1. The highest BCUT2D eigenvalue weighted by Crippen LogP contribution is 2.34. The summed E-state index contributed by atoms with van der Waals surface area (Å²) in [6, 6.07) is 11.9. The maximum absolute atomic E-state index is 6.23. The van der Waals surface area contributed by atoms with Gasteiger partial charge in [0.1, 0.15) is 5.75 Å². The van der Waals surface area contributed by atoms with Crippen LogP contribution in [0.2, 0.25) is 5.02 Å². The van der Waals surface area contributed by atoms with E-state index in [9.17, 15) is 0 Å². The number of rotatable bonds is 9. The molecule has 0 radical (unpaired) electrons. The second kappa shape index (κ2) is 9.64. The van der Waals surface area contributed by atoms with E-state index in [0.29, 0.717) is 16.9 Å². The molecule has 0 aliphatic carbocycles. The quantitative estimate of drug-likeness (QED) is 0.431. The maximum atomic E-state index is 6.23. The highest BCUT2D eigenvalue weighted by atomic mass is 35.5. The van der Waals surface area contributed by atoms with Gasteiger partial charge < -0.3 is 15.0 Å². The summed E-state index contributed by atoms with van der Waals surface area (Å²) in [5.41, 5.74) is 2.93. The van der Waals surface area contributed by atoms with Crippen molar-refractivity contribution in [3.8, 4) is 5.75 Å². The van der Waals surface area contributed by atoms with E-state index in [0.717, 1.165) is 59.4 Å². The lowest BCUT2D eigenvalue weighted by molar-refractivity contribution is 0.227. The number of pyridine rings is 1. The molecule has 1 heterocycles. The van der Waals surface area contributed by atoms with Gasteiger partial charge in [0.2, 0.25) is 0 Å². The van der Waals surface area contributed by atoms with Gasteiger partial charge in [-0.25, -0.2) is 4.98 Å². The van der Waals surface area contributed by atoms with Crippen LogP contribution in [0.15, 0.2) is 36.4 Å². The predicted molar refractivity (Wildman–Crippen MR) is 125 cm³/mol. The number of ether oxygens (including phenoxy) is 1. The van der Waals surface area contributed by atoms with Crippen LogP contribution in [0.4, 0.5) is 5.69 Å². The van der Waals surface area contributed by atoms with Crippen molar-refractivity contribution in [1.82, 2.24) is 9.88 Å². The second-order valence-electron chi connectivity index (χ2n) is 8.51. The molecule has 0 saturated carbocycles. The van der Waals surface area contributed by atoms with E-state index in [-0.39, 0.29) is 0 Å². The summed E-state index contributed by atoms with van der Waals surface area (Å²) in [5, 5.41) is 6.54. The topological polar surface area (TPSA) is 37.4 Å². The molecule has 0 spiro atoms. The molecular weight excluding hydrogens is 382 g/mol. The molecule has 0 amide bonds. The minimum absolute atomic E-state index is 0.655. The van der Waals surface area contributed by atoms with Crippen LogP contribution in [-0.4, -0.2) is 43.2 Å². The second-order valence-corrected chi connectivity index (χ2v) is 8.94. The first-order valence-electron chi connectivity index (χ1n) is 10.4. The van der Waals surface area contributed by atoms with Crippen LogP contribution in [0.5, 0.6) is 5.75 Å². The van der Waals surface area contributed by atoms with Gasteiger partial charge in [-0.2, -0.15) is 0 Å². The average Bonchev–Trinajstić information content (AvgIpc) is 2.65. The third-order valence-electron chi connectivity index (χ3n) is 4.92. The van der Waals surface area contributed by atoms with E-state index in [4.69, 9.17) is 21.3 Å². The zero-order valence-electron chi connectivity index (χ0n) is 18.1. The molecule has 0 bridgehead atoms. The van der Waals surface area contributed by atoms with Crippen molar-refractivity contribution in [3.05, 3.63) is 41.4 Å². The molecule has 0 saturated heterocycles. The van der Waals surface area contributed by atoms with E-state index in [1.165, 1.54) is 0 Å². The molecule has 4 nitrogen and oxygen atoms in total. The summed E-state index contributed by atoms with van der Waals surface area (Å²) < 4.78 is 5.45. The molecule has 3 rings (SSSR count). The molecule has 0 unspecified atom stereocenters. The summed E-state index contributed by atoms with van der Waals surface area (Å²) >= 11 is 6.23. The summed E-state index contributed by atoms with van der Waals surface area (Å²) in [7, 11) is 1.69. The summed E-state index contributed by atoms with van der Waals surface area (Å²) in [4.78, 5) is 7.35. The van der Waals surface area contributed by atoms with Crippen LogP contribution in [-0.2, 0) is 0 Å². The molecule has 2 aromatic carbocycles. The van der Waals surface area contributed by atoms with Crippen molar-refractivity contribution in [3.63, 3.8) is 0 Å². The minimum Gasteiger partial charge on any atom is -0.497 e. The number of methoxy groups -OCH3 is 1. The van der Waals surface area contributed by atoms with Crippen LogP contribution >= 0.6 is 11.6 Å². The third kappa shape index (κ3) is 5.52. The van der Waals surface area contributed by atoms with Crippen LogP contribution in [0.25, 0.3) is 21.8 Å². The highest BCUT2D eigenvalue weighted by Gasteiger charge is 2.13. The largest absolute Gasteiger partial charge is 0.497 e. The standard InChI is InChI=1S/C24H32ClN3O/c1-16(2)14-28(15-17(3)4)11-10-26-24-20-8-6-18(25)12-23(20)27-22-9-7-19(29-5)13-21(22)24/h6-9,12-13,16-17H,10-11,14-15H2,1-5H3,(H,26,27). The summed E-state index contributed by atoms with van der Waals surface area (Å²) in [6.07, 6.45) is 0. The third-order valence-corrected chi connectivity index (χ3v) is 5.15. The smallest absolute Gasteiger partial charge is 0.119 e. The van der Waals surface area contributed by atoms with Crippen LogP contribution in [0.3, 0.4) is 0 Å². The van der Waals surface area contributed by atoms with Crippen LogP contribution < -0.4 is 10.1 Å². The number of nitrogens with zero attached hydrogens (tertiary/aromatic N) is 2. The van der Waals surface area contributed by atoms with Crippen molar-refractivity contribution >= 4 is 39.1 Å². The number of anilines is 1. The first-order chi connectivity index (χ1) is 13.9. The first kappa shape index (κ1) is 21.7. The number of nitrogens with one attached hydrogen (secondary N) is 1. The molecule has 3 aromatic rings. The first-order valence-corrected chi connectivity index (χ1v) is 10.8. The fourth-order valence-electron chi connectivity index (χ4n) is 3.84. The van der Waals surface area contributed by atoms with E-state index < -0.39 is 0 Å². The maximum Gasteiger partial charge on any atom is 0.119 e. The Kier molecular flexibility index (Phi) is 7.20. The number of benzene rings is 2. The molecule has 29 heavy (non-hydrogen) atoms. The molecule has 0 aliphatic rings. The Balaban J connectivity index is 1.92. The fraction of sp³-hybridized carbons (Fsp3) is 0.458. The van der Waals surface area contributed by atoms with Gasteiger partial charge >= 0.3 is 0 Å². The van der Waals surface area contributed by atoms with Crippen molar-refractivity contribution in [2.75, 3.05) is 38.6 Å². The molecule has 0 atom stereocenters. The van der Waals surface area contributed by atoms with Crippen molar-refractivity contribution in [1.29, 1.82) is 0 Å². The molecule has 0 fully saturated rings. The van der Waals surface area contributed by atoms with Crippen molar-refractivity contribution < 1.29 is 4.74 Å². The Morgan fingerprint density at radius 2 is 1.69 bits per heavy atom. The van der Waals surface area contributed by atoms with Gasteiger partial charge in [-0.15, -0.1) is 0 Å². The number of hydrogen-bond acceptors (Lipinski definition) is 4. The minimum atomic E-state index is 0.655. The lowest BCUT2D eigenvalue weighted by Crippen LogP contribution is -2.35. The van der Waals surface area contributed by atoms with E-state index in [1.807, 2.05) is 30.3 Å². The van der Waals surface area contributed by atoms with Gasteiger partial charge in [-0.3, -0.25) is 0 Å². The zero-order valence-corrected chi connectivity index (χ0v) is 18.9. The molecule has 1 N–H and O–H groups in total. The van der Waals surface area contributed by atoms with Gasteiger partial charge in [0.15, 0.2) is 0 Å². The van der Waals surface area contributed by atoms with Gasteiger partial charge in [-0.1, -0.05) is 39.3 Å². The molecule has 5 heteroatoms. The SMILES string of the molecule is COc1ccc2nc3cc(Cl)ccc3c(NCCN(CC(C)C)CC(C)C)c2c1. The van der Waals surface area contributed by atoms with Crippen molar-refractivity contribution in [2.45, 2.75) is 27.7 Å². The Bertz CT molecular complexity index is 961. The van der Waals surface area contributed by atoms with Crippen LogP contribution in [0, 0.1) is 11.8 Å². The Labute approximate surface area is 179 Å². The number of fused-ring (bicyclic) bond motifs is 2. The van der Waals surface area contributed by atoms with Gasteiger partial charge in [0.25, 0.3) is 0 Å². The van der Waals surface area contributed by atoms with E-state index in [2.05, 4.69) is 44.0 Å². The van der Waals surface area contributed by atoms with Crippen LogP contribution in [0.1, 0.15) is 27.7 Å².